The summed E-state index contributed by atoms with van der Waals surface area (Å²) in [5, 5.41) is 26.1. The molecule has 5 aromatic carbocycles. The fourth-order valence-corrected chi connectivity index (χ4v) is 9.07. The van der Waals surface area contributed by atoms with Crippen LogP contribution in [0.25, 0.3) is 10.8 Å². The molecule has 3 aliphatic carbocycles. The summed E-state index contributed by atoms with van der Waals surface area (Å²) in [6, 6.07) is 27.2. The Morgan fingerprint density at radius 2 is 1.63 bits per heavy atom. The lowest BCUT2D eigenvalue weighted by atomic mass is 9.64. The van der Waals surface area contributed by atoms with Gasteiger partial charge in [-0.25, -0.2) is 13.6 Å². The number of aliphatic hydroxyl groups excluding tert-OH is 1. The highest BCUT2D eigenvalue weighted by Crippen LogP contribution is 2.59. The van der Waals surface area contributed by atoms with Crippen LogP contribution in [0.2, 0.25) is 0 Å². The second-order valence-corrected chi connectivity index (χ2v) is 16.3. The normalized spacial score (nSPS) is 21.9. The number of rotatable bonds is 9. The first-order valence-electron chi connectivity index (χ1n) is 20.2. The van der Waals surface area contributed by atoms with Crippen LogP contribution < -0.4 is 14.2 Å². The largest absolute Gasteiger partial charge is 0.497 e. The summed E-state index contributed by atoms with van der Waals surface area (Å²) < 4.78 is 45.8. The summed E-state index contributed by atoms with van der Waals surface area (Å²) in [5.41, 5.74) is 1.09. The summed E-state index contributed by atoms with van der Waals surface area (Å²) in [7, 11) is 3.10. The highest BCUT2D eigenvalue weighted by atomic mass is 19.2. The van der Waals surface area contributed by atoms with E-state index in [9.17, 15) is 28.6 Å². The van der Waals surface area contributed by atoms with E-state index < -0.39 is 40.6 Å². The minimum absolute atomic E-state index is 0.00599. The quantitative estimate of drug-likeness (QED) is 0.113. The summed E-state index contributed by atoms with van der Waals surface area (Å²) >= 11 is 0. The third kappa shape index (κ3) is 8.75. The van der Waals surface area contributed by atoms with Gasteiger partial charge in [-0.1, -0.05) is 61.0 Å². The molecule has 8 rings (SSSR count). The lowest BCUT2D eigenvalue weighted by molar-refractivity contribution is -0.0802. The van der Waals surface area contributed by atoms with E-state index in [0.717, 1.165) is 34.0 Å². The van der Waals surface area contributed by atoms with Crippen LogP contribution in [-0.4, -0.2) is 59.5 Å². The van der Waals surface area contributed by atoms with Gasteiger partial charge in [0.2, 0.25) is 0 Å². The molecule has 0 heterocycles. The van der Waals surface area contributed by atoms with Crippen molar-refractivity contribution in [1.82, 2.24) is 4.90 Å². The Morgan fingerprint density at radius 1 is 0.847 bits per heavy atom. The minimum Gasteiger partial charge on any atom is -0.497 e. The van der Waals surface area contributed by atoms with Crippen LogP contribution in [-0.2, 0) is 13.0 Å². The molecule has 1 fully saturated rings. The van der Waals surface area contributed by atoms with Gasteiger partial charge >= 0.3 is 6.09 Å². The molecular formula is C49H51F2NO7. The van der Waals surface area contributed by atoms with Gasteiger partial charge in [-0.05, 0) is 128 Å². The molecule has 0 radical (unpaired) electrons. The minimum atomic E-state index is -1.49. The molecule has 5 aromatic rings. The average molecular weight is 804 g/mol. The first-order chi connectivity index (χ1) is 28.3. The number of carbonyl (C=O) groups excluding carboxylic acids is 2. The Morgan fingerprint density at radius 3 is 2.39 bits per heavy atom. The molecule has 1 amide bonds. The maximum Gasteiger partial charge on any atom is 0.415 e. The van der Waals surface area contributed by atoms with Crippen LogP contribution in [0.3, 0.4) is 0 Å². The number of carbonyl (C=O) groups is 2. The molecule has 59 heavy (non-hydrogen) atoms. The monoisotopic (exact) mass is 803 g/mol. The van der Waals surface area contributed by atoms with Gasteiger partial charge in [0.25, 0.3) is 0 Å². The molecule has 0 saturated heterocycles. The van der Waals surface area contributed by atoms with Crippen molar-refractivity contribution >= 4 is 22.6 Å². The Hall–Kier alpha value is -5.58. The van der Waals surface area contributed by atoms with Crippen molar-refractivity contribution in [3.8, 4) is 17.2 Å². The van der Waals surface area contributed by atoms with Crippen LogP contribution in [0.15, 0.2) is 109 Å². The van der Waals surface area contributed by atoms with Gasteiger partial charge in [-0.15, -0.1) is 0 Å². The number of methoxy groups -OCH3 is 2. The van der Waals surface area contributed by atoms with Crippen molar-refractivity contribution in [1.29, 1.82) is 0 Å². The van der Waals surface area contributed by atoms with Gasteiger partial charge < -0.3 is 29.3 Å². The predicted octanol–water partition coefficient (Wildman–Crippen LogP) is 10.1. The van der Waals surface area contributed by atoms with Gasteiger partial charge in [0.05, 0.1) is 39.0 Å². The van der Waals surface area contributed by atoms with Crippen molar-refractivity contribution < 1.29 is 42.8 Å². The molecular weight excluding hydrogens is 753 g/mol. The maximum absolute atomic E-state index is 14.5. The fraction of sp³-hybridized carbons (Fsp3) is 0.347. The Labute approximate surface area is 344 Å². The van der Waals surface area contributed by atoms with E-state index >= 15 is 0 Å². The first kappa shape index (κ1) is 41.6. The van der Waals surface area contributed by atoms with Gasteiger partial charge in [-0.2, -0.15) is 0 Å². The van der Waals surface area contributed by atoms with E-state index in [1.165, 1.54) is 11.0 Å². The van der Waals surface area contributed by atoms with Crippen LogP contribution in [0.5, 0.6) is 17.2 Å². The van der Waals surface area contributed by atoms with Crippen molar-refractivity contribution in [3.63, 3.8) is 0 Å². The molecule has 3 aliphatic rings. The zero-order chi connectivity index (χ0) is 41.9. The number of allylic oxidation sites excluding steroid dienone is 2. The average Bonchev–Trinajstić information content (AvgIpc) is 3.48. The number of ether oxygens (including phenoxy) is 3. The number of fused-ring (bicyclic) bond motifs is 9. The number of aliphatic hydroxyl groups is 2. The standard InChI is InChI=1S/C49H51F2NO7/c1-31-8-7-22-48(2)42(40-19-12-32(24-37(53)16-11-31)25-41(40)46(54)35-15-20-43(50)44(51)27-35)21-23-49(48,56)30-52(29-36-14-17-38(57-3)28-45(36)58-4)47(55)59-39-18-13-33-9-5-6-10-34(33)26-39/h5-6,8-10,12-15,17-20,25-28,37,42,53,56H,7,11,16,21-24,29-30H2,1-4H3. The Bertz CT molecular complexity index is 2400. The molecule has 0 aliphatic heterocycles. The van der Waals surface area contributed by atoms with Gasteiger partial charge in [0.1, 0.15) is 17.2 Å². The van der Waals surface area contributed by atoms with Crippen LogP contribution in [0.4, 0.5) is 13.6 Å². The fourth-order valence-electron chi connectivity index (χ4n) is 9.07. The number of amides is 1. The number of halogens is 2. The molecule has 4 unspecified atom stereocenters. The van der Waals surface area contributed by atoms with Crippen LogP contribution in [0.1, 0.15) is 90.9 Å². The third-order valence-electron chi connectivity index (χ3n) is 12.6. The summed E-state index contributed by atoms with van der Waals surface area (Å²) in [6.45, 7) is 3.99. The van der Waals surface area contributed by atoms with Crippen molar-refractivity contribution in [2.45, 2.75) is 83.0 Å². The number of ketones is 1. The SMILES string of the molecule is COc1ccc(CN(CC2(O)CCC3c4ccc(cc4C(=O)c4ccc(F)c(F)c4)CC(O)CCC(C)=CCCC32C)C(=O)Oc2ccc3ccccc3c2)c(OC)c1. The Balaban J connectivity index is 1.31. The number of nitrogens with zero attached hydrogens (tertiary/aromatic N) is 1. The van der Waals surface area contributed by atoms with Crippen molar-refractivity contribution in [3.05, 3.63) is 148 Å². The molecule has 1 saturated carbocycles. The molecule has 8 nitrogen and oxygen atoms in total. The number of benzene rings is 5. The van der Waals surface area contributed by atoms with E-state index in [-0.39, 0.29) is 31.0 Å². The van der Waals surface area contributed by atoms with Crippen molar-refractivity contribution in [2.75, 3.05) is 20.8 Å². The molecule has 0 spiro atoms. The zero-order valence-electron chi connectivity index (χ0n) is 34.0. The second kappa shape index (κ2) is 17.3. The maximum atomic E-state index is 14.5. The highest BCUT2D eigenvalue weighted by molar-refractivity contribution is 6.10. The summed E-state index contributed by atoms with van der Waals surface area (Å²) in [5.74, 6) is -1.62. The summed E-state index contributed by atoms with van der Waals surface area (Å²) in [6.07, 6.45) is 4.17. The molecule has 0 aromatic heterocycles. The van der Waals surface area contributed by atoms with E-state index in [4.69, 9.17) is 14.2 Å². The summed E-state index contributed by atoms with van der Waals surface area (Å²) in [4.78, 5) is 30.3. The topological polar surface area (TPSA) is 106 Å². The van der Waals surface area contributed by atoms with Crippen LogP contribution in [0, 0.1) is 17.0 Å². The smallest absolute Gasteiger partial charge is 0.415 e. The van der Waals surface area contributed by atoms with Gasteiger partial charge in [0, 0.05) is 28.2 Å². The van der Waals surface area contributed by atoms with E-state index in [1.807, 2.05) is 68.4 Å². The zero-order valence-corrected chi connectivity index (χ0v) is 34.0. The van der Waals surface area contributed by atoms with E-state index in [1.54, 1.807) is 38.5 Å². The second-order valence-electron chi connectivity index (χ2n) is 16.3. The highest BCUT2D eigenvalue weighted by Gasteiger charge is 2.58. The van der Waals surface area contributed by atoms with Crippen molar-refractivity contribution in [2.24, 2.45) is 5.41 Å². The number of hydrogen-bond donors (Lipinski definition) is 2. The van der Waals surface area contributed by atoms with Crippen LogP contribution >= 0.6 is 0 Å². The molecule has 2 N–H and O–H groups in total. The Kier molecular flexibility index (Phi) is 12.2. The first-order valence-corrected chi connectivity index (χ1v) is 20.2. The molecule has 308 valence electrons. The third-order valence-corrected chi connectivity index (χ3v) is 12.6. The van der Waals surface area contributed by atoms with Gasteiger partial charge in [-0.3, -0.25) is 4.79 Å². The lowest BCUT2D eigenvalue weighted by Crippen LogP contribution is -2.54. The lowest BCUT2D eigenvalue weighted by Gasteiger charge is -2.46. The van der Waals surface area contributed by atoms with E-state index in [2.05, 4.69) is 6.08 Å². The van der Waals surface area contributed by atoms with Gasteiger partial charge in [0.15, 0.2) is 17.4 Å². The molecule has 4 atom stereocenters. The molecule has 10 heteroatoms. The predicted molar refractivity (Wildman–Crippen MR) is 223 cm³/mol. The molecule has 2 bridgehead atoms. The number of hydrogen-bond acceptors (Lipinski definition) is 7. The van der Waals surface area contributed by atoms with E-state index in [0.29, 0.717) is 72.5 Å².